The van der Waals surface area contributed by atoms with Crippen LogP contribution in [0.3, 0.4) is 0 Å². The number of nitrogens with zero attached hydrogens (tertiary/aromatic N) is 2. The highest BCUT2D eigenvalue weighted by molar-refractivity contribution is 5.97. The zero-order chi connectivity index (χ0) is 19.4. The highest BCUT2D eigenvalue weighted by Crippen LogP contribution is 2.12. The quantitative estimate of drug-likeness (QED) is 0.614. The van der Waals surface area contributed by atoms with Gasteiger partial charge in [-0.25, -0.2) is 4.98 Å². The lowest BCUT2D eigenvalue weighted by atomic mass is 10.2. The van der Waals surface area contributed by atoms with Crippen molar-refractivity contribution in [3.05, 3.63) is 65.6 Å². The fourth-order valence-electron chi connectivity index (χ4n) is 2.55. The first-order chi connectivity index (χ1) is 12.9. The summed E-state index contributed by atoms with van der Waals surface area (Å²) in [6, 6.07) is 10.1. The van der Waals surface area contributed by atoms with Crippen LogP contribution in [0.5, 0.6) is 0 Å². The minimum Gasteiger partial charge on any atom is -0.480 e. The molecule has 0 saturated heterocycles. The van der Waals surface area contributed by atoms with Gasteiger partial charge in [0.25, 0.3) is 5.91 Å². The Morgan fingerprint density at radius 3 is 2.59 bits per heavy atom. The molecule has 0 unspecified atom stereocenters. The van der Waals surface area contributed by atoms with E-state index in [-0.39, 0.29) is 12.3 Å². The second-order valence-corrected chi connectivity index (χ2v) is 6.08. The molecular formula is C19H18N4O4. The molecule has 27 heavy (non-hydrogen) atoms. The van der Waals surface area contributed by atoms with Crippen LogP contribution in [-0.2, 0) is 16.0 Å². The van der Waals surface area contributed by atoms with Crippen molar-refractivity contribution < 1.29 is 19.5 Å². The maximum Gasteiger partial charge on any atom is 0.322 e. The molecule has 138 valence electrons. The summed E-state index contributed by atoms with van der Waals surface area (Å²) in [5, 5.41) is 13.6. The van der Waals surface area contributed by atoms with Gasteiger partial charge in [-0.1, -0.05) is 0 Å². The fourth-order valence-corrected chi connectivity index (χ4v) is 2.55. The Hall–Kier alpha value is -3.68. The van der Waals surface area contributed by atoms with Gasteiger partial charge in [0, 0.05) is 23.6 Å². The minimum absolute atomic E-state index is 0.127. The Bertz CT molecular complexity index is 1010. The summed E-state index contributed by atoms with van der Waals surface area (Å²) in [4.78, 5) is 38.9. The summed E-state index contributed by atoms with van der Waals surface area (Å²) >= 11 is 0. The topological polar surface area (TPSA) is 113 Å². The van der Waals surface area contributed by atoms with Crippen LogP contribution >= 0.6 is 0 Å². The predicted octanol–water partition coefficient (Wildman–Crippen LogP) is 1.64. The number of pyridine rings is 1. The zero-order valence-corrected chi connectivity index (χ0v) is 14.6. The maximum absolute atomic E-state index is 12.2. The molecule has 2 aromatic heterocycles. The molecule has 0 atom stereocenters. The summed E-state index contributed by atoms with van der Waals surface area (Å²) in [5.41, 5.74) is 3.38. The van der Waals surface area contributed by atoms with Crippen molar-refractivity contribution in [2.75, 3.05) is 11.9 Å². The van der Waals surface area contributed by atoms with Gasteiger partial charge in [0.1, 0.15) is 12.2 Å². The summed E-state index contributed by atoms with van der Waals surface area (Å²) in [6.07, 6.45) is 3.83. The van der Waals surface area contributed by atoms with Crippen molar-refractivity contribution in [3.8, 4) is 0 Å². The summed E-state index contributed by atoms with van der Waals surface area (Å²) in [5.74, 6) is -1.83. The number of hydrogen-bond acceptors (Lipinski definition) is 4. The fraction of sp³-hybridized carbons (Fsp3) is 0.158. The molecule has 2 heterocycles. The molecule has 0 fully saturated rings. The molecule has 8 nitrogen and oxygen atoms in total. The Morgan fingerprint density at radius 2 is 1.89 bits per heavy atom. The third kappa shape index (κ3) is 4.69. The van der Waals surface area contributed by atoms with Crippen LogP contribution < -0.4 is 10.6 Å². The van der Waals surface area contributed by atoms with Gasteiger partial charge in [-0.05, 0) is 48.9 Å². The van der Waals surface area contributed by atoms with Crippen LogP contribution in [-0.4, -0.2) is 38.8 Å². The van der Waals surface area contributed by atoms with Crippen LogP contribution in [0.25, 0.3) is 5.65 Å². The molecule has 3 aromatic rings. The first-order valence-electron chi connectivity index (χ1n) is 8.25. The molecular weight excluding hydrogens is 348 g/mol. The minimum atomic E-state index is -1.12. The Morgan fingerprint density at radius 1 is 1.15 bits per heavy atom. The number of anilines is 1. The average molecular weight is 366 g/mol. The number of imidazole rings is 1. The number of carboxylic acids is 1. The van der Waals surface area contributed by atoms with E-state index >= 15 is 0 Å². The summed E-state index contributed by atoms with van der Waals surface area (Å²) in [6.45, 7) is 1.53. The van der Waals surface area contributed by atoms with E-state index in [0.717, 1.165) is 11.2 Å². The number of carboxylic acid groups (broad SMARTS) is 1. The summed E-state index contributed by atoms with van der Waals surface area (Å²) < 4.78 is 1.86. The monoisotopic (exact) mass is 366 g/mol. The number of aromatic nitrogens is 2. The third-order valence-corrected chi connectivity index (χ3v) is 3.84. The van der Waals surface area contributed by atoms with Gasteiger partial charge in [-0.15, -0.1) is 0 Å². The zero-order valence-electron chi connectivity index (χ0n) is 14.6. The molecule has 1 aromatic carbocycles. The Balaban J connectivity index is 1.60. The predicted molar refractivity (Wildman–Crippen MR) is 98.7 cm³/mol. The second-order valence-electron chi connectivity index (χ2n) is 6.08. The number of hydrogen-bond donors (Lipinski definition) is 3. The SMILES string of the molecule is Cc1ccn2cc(CC(=O)Nc3ccc(C(=O)NCC(=O)O)cc3)nc2c1. The van der Waals surface area contributed by atoms with Gasteiger partial charge in [-0.2, -0.15) is 0 Å². The number of carbonyl (C=O) groups is 3. The van der Waals surface area contributed by atoms with Gasteiger partial charge in [-0.3, -0.25) is 14.4 Å². The highest BCUT2D eigenvalue weighted by atomic mass is 16.4. The van der Waals surface area contributed by atoms with E-state index in [0.29, 0.717) is 16.9 Å². The number of amides is 2. The van der Waals surface area contributed by atoms with E-state index in [1.165, 1.54) is 12.1 Å². The summed E-state index contributed by atoms with van der Waals surface area (Å²) in [7, 11) is 0. The van der Waals surface area contributed by atoms with Crippen molar-refractivity contribution >= 4 is 29.1 Å². The van der Waals surface area contributed by atoms with Crippen LogP contribution in [0.1, 0.15) is 21.6 Å². The van der Waals surface area contributed by atoms with E-state index in [4.69, 9.17) is 5.11 Å². The average Bonchev–Trinajstić information content (AvgIpc) is 3.01. The van der Waals surface area contributed by atoms with Gasteiger partial charge < -0.3 is 20.1 Å². The Kier molecular flexibility index (Phi) is 5.16. The molecule has 3 rings (SSSR count). The third-order valence-electron chi connectivity index (χ3n) is 3.84. The van der Waals surface area contributed by atoms with Crippen molar-refractivity contribution in [2.24, 2.45) is 0 Å². The number of nitrogens with one attached hydrogen (secondary N) is 2. The largest absolute Gasteiger partial charge is 0.480 e. The molecule has 0 bridgehead atoms. The lowest BCUT2D eigenvalue weighted by Gasteiger charge is -2.06. The molecule has 0 aliphatic rings. The van der Waals surface area contributed by atoms with Gasteiger partial charge in [0.2, 0.25) is 5.91 Å². The van der Waals surface area contributed by atoms with Crippen LogP contribution in [0.15, 0.2) is 48.8 Å². The van der Waals surface area contributed by atoms with E-state index in [2.05, 4.69) is 15.6 Å². The first kappa shape index (κ1) is 18.1. The molecule has 0 aliphatic heterocycles. The normalized spacial score (nSPS) is 10.6. The first-order valence-corrected chi connectivity index (χ1v) is 8.25. The van der Waals surface area contributed by atoms with E-state index in [1.54, 1.807) is 12.1 Å². The van der Waals surface area contributed by atoms with Gasteiger partial charge in [0.15, 0.2) is 0 Å². The molecule has 2 amide bonds. The van der Waals surface area contributed by atoms with E-state index < -0.39 is 18.4 Å². The second kappa shape index (κ2) is 7.69. The van der Waals surface area contributed by atoms with Crippen molar-refractivity contribution in [1.82, 2.24) is 14.7 Å². The van der Waals surface area contributed by atoms with Gasteiger partial charge >= 0.3 is 5.97 Å². The molecule has 0 aliphatic carbocycles. The van der Waals surface area contributed by atoms with Crippen LogP contribution in [0.2, 0.25) is 0 Å². The van der Waals surface area contributed by atoms with Crippen molar-refractivity contribution in [3.63, 3.8) is 0 Å². The van der Waals surface area contributed by atoms with Crippen molar-refractivity contribution in [1.29, 1.82) is 0 Å². The maximum atomic E-state index is 12.2. The van der Waals surface area contributed by atoms with Crippen molar-refractivity contribution in [2.45, 2.75) is 13.3 Å². The van der Waals surface area contributed by atoms with E-state index in [9.17, 15) is 14.4 Å². The molecule has 0 spiro atoms. The number of aryl methyl sites for hydroxylation is 1. The lowest BCUT2D eigenvalue weighted by molar-refractivity contribution is -0.135. The van der Waals surface area contributed by atoms with E-state index in [1.807, 2.05) is 35.9 Å². The number of fused-ring (bicyclic) bond motifs is 1. The Labute approximate surface area is 154 Å². The van der Waals surface area contributed by atoms with Gasteiger partial charge in [0.05, 0.1) is 12.1 Å². The molecule has 0 saturated carbocycles. The number of benzene rings is 1. The lowest BCUT2D eigenvalue weighted by Crippen LogP contribution is -2.29. The molecule has 3 N–H and O–H groups in total. The number of carbonyl (C=O) groups excluding carboxylic acids is 2. The number of rotatable bonds is 6. The van der Waals surface area contributed by atoms with Crippen LogP contribution in [0.4, 0.5) is 5.69 Å². The molecule has 0 radical (unpaired) electrons. The standard InChI is InChI=1S/C19H18N4O4/c1-12-6-7-23-11-15(21-16(23)8-12)9-17(24)22-14-4-2-13(3-5-14)19(27)20-10-18(25)26/h2-8,11H,9-10H2,1H3,(H,20,27)(H,22,24)(H,25,26). The molecule has 8 heteroatoms. The highest BCUT2D eigenvalue weighted by Gasteiger charge is 2.10. The number of aliphatic carboxylic acids is 1. The van der Waals surface area contributed by atoms with Crippen LogP contribution in [0, 0.1) is 6.92 Å². The smallest absolute Gasteiger partial charge is 0.322 e.